The number of carboxylic acids is 2. The number of carbonyl (C=O) groups excluding carboxylic acids is 1. The van der Waals surface area contributed by atoms with Crippen LogP contribution in [-0.4, -0.2) is 52.9 Å². The number of nitrogens with zero attached hydrogens (tertiary/aromatic N) is 1. The van der Waals surface area contributed by atoms with E-state index < -0.39 is 41.1 Å². The minimum absolute atomic E-state index is 0.0621. The van der Waals surface area contributed by atoms with Gasteiger partial charge in [-0.1, -0.05) is 12.8 Å². The van der Waals surface area contributed by atoms with E-state index in [0.29, 0.717) is 24.2 Å². The second-order valence-corrected chi connectivity index (χ2v) is 8.71. The Balaban J connectivity index is 1.65. The van der Waals surface area contributed by atoms with Gasteiger partial charge in [-0.25, -0.2) is 19.6 Å². The molecule has 1 fully saturated rings. The number of methoxy groups -OCH3 is 1. The molecule has 10 nitrogen and oxygen atoms in total. The van der Waals surface area contributed by atoms with Crippen LogP contribution in [0.2, 0.25) is 0 Å². The summed E-state index contributed by atoms with van der Waals surface area (Å²) < 4.78 is 23.7. The number of hydrogen-bond acceptors (Lipinski definition) is 7. The number of aromatic nitrogens is 1. The average Bonchev–Trinajstić information content (AvgIpc) is 3.50. The van der Waals surface area contributed by atoms with E-state index in [9.17, 15) is 29.0 Å². The van der Waals surface area contributed by atoms with E-state index in [2.05, 4.69) is 10.5 Å². The summed E-state index contributed by atoms with van der Waals surface area (Å²) in [4.78, 5) is 45.8. The predicted molar refractivity (Wildman–Crippen MR) is 119 cm³/mol. The summed E-state index contributed by atoms with van der Waals surface area (Å²) in [7, 11) is 1.48. The van der Waals surface area contributed by atoms with Gasteiger partial charge in [-0.3, -0.25) is 14.4 Å². The number of rotatable bonds is 13. The first-order valence-electron chi connectivity index (χ1n) is 11.4. The third kappa shape index (κ3) is 6.86. The minimum Gasteiger partial charge on any atom is -0.481 e. The summed E-state index contributed by atoms with van der Waals surface area (Å²) in [5.74, 6) is -3.67. The Bertz CT molecular complexity index is 1020. The molecule has 0 saturated heterocycles. The second-order valence-electron chi connectivity index (χ2n) is 8.71. The van der Waals surface area contributed by atoms with Gasteiger partial charge in [-0.15, -0.1) is 0 Å². The number of carbonyl (C=O) groups is 3. The Labute approximate surface area is 201 Å². The standard InChI is InChI=1S/C24H29FN2O8/c1-33-11-8-16(21(28)29)13-24(9-2-3-10-24)23(32)27-35-18(22(30)31)12-20-26-14-19(34-20)15-4-6-17(25)7-5-15/h4-7,14,16,18H,2-3,8-13H2,1H3,(H,27,32)(H,28,29)(H,30,31)/t16-,18+/m1/s1. The van der Waals surface area contributed by atoms with E-state index in [4.69, 9.17) is 14.0 Å². The lowest BCUT2D eigenvalue weighted by Crippen LogP contribution is -2.44. The monoisotopic (exact) mass is 492 g/mol. The molecule has 0 unspecified atom stereocenters. The molecule has 2 aromatic rings. The van der Waals surface area contributed by atoms with Gasteiger partial charge in [-0.05, 0) is 49.9 Å². The molecule has 0 bridgehead atoms. The van der Waals surface area contributed by atoms with Crippen LogP contribution in [-0.2, 0) is 30.4 Å². The topological polar surface area (TPSA) is 148 Å². The molecule has 0 aliphatic heterocycles. The van der Waals surface area contributed by atoms with E-state index in [1.165, 1.54) is 37.6 Å². The number of hydrogen-bond donors (Lipinski definition) is 3. The summed E-state index contributed by atoms with van der Waals surface area (Å²) in [5, 5.41) is 19.1. The molecule has 2 atom stereocenters. The van der Waals surface area contributed by atoms with Crippen molar-refractivity contribution in [3.8, 4) is 11.3 Å². The molecule has 1 aromatic carbocycles. The number of ether oxygens (including phenoxy) is 1. The fourth-order valence-corrected chi connectivity index (χ4v) is 4.34. The molecule has 1 saturated carbocycles. The molecule has 1 aliphatic rings. The number of nitrogens with one attached hydrogen (secondary N) is 1. The maximum Gasteiger partial charge on any atom is 0.336 e. The van der Waals surface area contributed by atoms with Gasteiger partial charge in [0.05, 0.1) is 24.0 Å². The Kier molecular flexibility index (Phi) is 8.94. The third-order valence-electron chi connectivity index (χ3n) is 6.31. The van der Waals surface area contributed by atoms with Crippen LogP contribution in [0.4, 0.5) is 4.39 Å². The van der Waals surface area contributed by atoms with Crippen molar-refractivity contribution in [2.45, 2.75) is 51.0 Å². The number of amides is 1. The number of carboxylic acid groups (broad SMARTS) is 2. The fourth-order valence-electron chi connectivity index (χ4n) is 4.34. The zero-order valence-corrected chi connectivity index (χ0v) is 19.4. The third-order valence-corrected chi connectivity index (χ3v) is 6.31. The normalized spacial score (nSPS) is 16.5. The van der Waals surface area contributed by atoms with E-state index in [-0.39, 0.29) is 31.8 Å². The van der Waals surface area contributed by atoms with Crippen LogP contribution >= 0.6 is 0 Å². The highest BCUT2D eigenvalue weighted by molar-refractivity contribution is 5.83. The molecule has 0 radical (unpaired) electrons. The Morgan fingerprint density at radius 3 is 2.46 bits per heavy atom. The molecule has 1 heterocycles. The summed E-state index contributed by atoms with van der Waals surface area (Å²) in [6.45, 7) is 0.252. The van der Waals surface area contributed by atoms with Gasteiger partial charge in [0.1, 0.15) is 5.82 Å². The number of oxazole rings is 1. The van der Waals surface area contributed by atoms with Crippen molar-refractivity contribution in [2.75, 3.05) is 13.7 Å². The maximum absolute atomic E-state index is 13.1. The number of aliphatic carboxylic acids is 2. The Hall–Kier alpha value is -3.31. The van der Waals surface area contributed by atoms with Crippen molar-refractivity contribution in [1.82, 2.24) is 10.5 Å². The van der Waals surface area contributed by atoms with Crippen LogP contribution in [0.1, 0.15) is 44.4 Å². The first-order chi connectivity index (χ1) is 16.7. The highest BCUT2D eigenvalue weighted by Gasteiger charge is 2.44. The van der Waals surface area contributed by atoms with Crippen molar-refractivity contribution in [2.24, 2.45) is 11.3 Å². The molecule has 1 aliphatic carbocycles. The maximum atomic E-state index is 13.1. The van der Waals surface area contributed by atoms with E-state index in [1.807, 2.05) is 0 Å². The quantitative estimate of drug-likeness (QED) is 0.358. The molecular weight excluding hydrogens is 463 g/mol. The van der Waals surface area contributed by atoms with Crippen LogP contribution in [0.25, 0.3) is 11.3 Å². The molecule has 1 aromatic heterocycles. The number of halogens is 1. The summed E-state index contributed by atoms with van der Waals surface area (Å²) in [6, 6.07) is 5.53. The van der Waals surface area contributed by atoms with Gasteiger partial charge in [0.25, 0.3) is 0 Å². The van der Waals surface area contributed by atoms with E-state index in [0.717, 1.165) is 12.8 Å². The smallest absolute Gasteiger partial charge is 0.336 e. The van der Waals surface area contributed by atoms with Gasteiger partial charge in [-0.2, -0.15) is 0 Å². The van der Waals surface area contributed by atoms with Crippen LogP contribution < -0.4 is 5.48 Å². The molecule has 1 amide bonds. The van der Waals surface area contributed by atoms with Crippen LogP contribution in [0, 0.1) is 17.2 Å². The zero-order valence-electron chi connectivity index (χ0n) is 19.4. The molecule has 190 valence electrons. The van der Waals surface area contributed by atoms with Gasteiger partial charge in [0, 0.05) is 19.3 Å². The Morgan fingerprint density at radius 1 is 1.17 bits per heavy atom. The Morgan fingerprint density at radius 2 is 1.86 bits per heavy atom. The van der Waals surface area contributed by atoms with Crippen LogP contribution in [0.3, 0.4) is 0 Å². The first-order valence-corrected chi connectivity index (χ1v) is 11.4. The lowest BCUT2D eigenvalue weighted by atomic mass is 9.76. The predicted octanol–water partition coefficient (Wildman–Crippen LogP) is 3.21. The SMILES string of the molecule is COCC[C@H](CC1(C(=O)NO[C@@H](Cc2ncc(-c3ccc(F)cc3)o2)C(=O)O)CCCC1)C(=O)O. The number of benzene rings is 1. The summed E-state index contributed by atoms with van der Waals surface area (Å²) in [6.07, 6.45) is 2.49. The number of hydroxylamine groups is 1. The van der Waals surface area contributed by atoms with Gasteiger partial charge in [0.2, 0.25) is 5.91 Å². The minimum atomic E-state index is -1.49. The van der Waals surface area contributed by atoms with Crippen LogP contribution in [0.5, 0.6) is 0 Å². The molecule has 0 spiro atoms. The van der Waals surface area contributed by atoms with Gasteiger partial charge >= 0.3 is 11.9 Å². The first kappa shape index (κ1) is 26.3. The van der Waals surface area contributed by atoms with Crippen molar-refractivity contribution in [1.29, 1.82) is 0 Å². The lowest BCUT2D eigenvalue weighted by molar-refractivity contribution is -0.165. The van der Waals surface area contributed by atoms with E-state index >= 15 is 0 Å². The van der Waals surface area contributed by atoms with Crippen molar-refractivity contribution < 1.29 is 43.0 Å². The zero-order chi connectivity index (χ0) is 25.4. The molecule has 3 rings (SSSR count). The highest BCUT2D eigenvalue weighted by atomic mass is 19.1. The molecule has 35 heavy (non-hydrogen) atoms. The lowest BCUT2D eigenvalue weighted by Gasteiger charge is -2.30. The van der Waals surface area contributed by atoms with E-state index in [1.54, 1.807) is 0 Å². The summed E-state index contributed by atoms with van der Waals surface area (Å²) in [5.41, 5.74) is 1.86. The molecule has 11 heteroatoms. The summed E-state index contributed by atoms with van der Waals surface area (Å²) >= 11 is 0. The fraction of sp³-hybridized carbons (Fsp3) is 0.500. The van der Waals surface area contributed by atoms with Crippen molar-refractivity contribution in [3.05, 3.63) is 42.2 Å². The van der Waals surface area contributed by atoms with Crippen LogP contribution in [0.15, 0.2) is 34.9 Å². The van der Waals surface area contributed by atoms with Gasteiger partial charge < -0.3 is 19.4 Å². The van der Waals surface area contributed by atoms with Crippen molar-refractivity contribution >= 4 is 17.8 Å². The van der Waals surface area contributed by atoms with Crippen molar-refractivity contribution in [3.63, 3.8) is 0 Å². The largest absolute Gasteiger partial charge is 0.481 e. The molecule has 3 N–H and O–H groups in total. The van der Waals surface area contributed by atoms with Gasteiger partial charge in [0.15, 0.2) is 17.8 Å². The highest BCUT2D eigenvalue weighted by Crippen LogP contribution is 2.44. The molecular formula is C24H29FN2O8. The average molecular weight is 493 g/mol. The second kappa shape index (κ2) is 11.9.